The number of carbonyl (C=O) groups excluding carboxylic acids is 1. The maximum atomic E-state index is 12.0. The minimum atomic E-state index is -0.0993. The van der Waals surface area contributed by atoms with Gasteiger partial charge in [0.25, 0.3) is 5.91 Å². The van der Waals surface area contributed by atoms with Crippen LogP contribution in [-0.4, -0.2) is 25.2 Å². The van der Waals surface area contributed by atoms with Crippen molar-refractivity contribution in [1.29, 1.82) is 0 Å². The van der Waals surface area contributed by atoms with Crippen LogP contribution in [0.25, 0.3) is 0 Å². The molecular weight excluding hydrogens is 326 g/mol. The molecule has 1 N–H and O–H groups in total. The van der Waals surface area contributed by atoms with Crippen LogP contribution >= 0.6 is 28.6 Å². The molecule has 1 aromatic rings. The average Bonchev–Trinajstić information content (AvgIpc) is 2.90. The number of hydrogen-bond donors (Lipinski definition) is 2. The second kappa shape index (κ2) is 7.31. The molecule has 19 heavy (non-hydrogen) atoms. The summed E-state index contributed by atoms with van der Waals surface area (Å²) in [7, 11) is 0. The van der Waals surface area contributed by atoms with Crippen LogP contribution in [0.3, 0.4) is 0 Å². The van der Waals surface area contributed by atoms with Gasteiger partial charge in [-0.1, -0.05) is 12.8 Å². The molecule has 0 bridgehead atoms. The van der Waals surface area contributed by atoms with Crippen LogP contribution in [-0.2, 0) is 4.74 Å². The van der Waals surface area contributed by atoms with E-state index in [0.29, 0.717) is 24.8 Å². The van der Waals surface area contributed by atoms with Crippen LogP contribution in [0.2, 0.25) is 0 Å². The number of benzene rings is 1. The van der Waals surface area contributed by atoms with E-state index in [1.807, 2.05) is 12.1 Å². The lowest BCUT2D eigenvalue weighted by molar-refractivity contribution is 0.0581. The van der Waals surface area contributed by atoms with Crippen LogP contribution in [0.15, 0.2) is 27.6 Å². The summed E-state index contributed by atoms with van der Waals surface area (Å²) >= 11 is 7.61. The number of hydrogen-bond acceptors (Lipinski definition) is 3. The largest absolute Gasteiger partial charge is 0.376 e. The van der Waals surface area contributed by atoms with Gasteiger partial charge in [0.15, 0.2) is 0 Å². The van der Waals surface area contributed by atoms with E-state index in [-0.39, 0.29) is 5.91 Å². The summed E-state index contributed by atoms with van der Waals surface area (Å²) in [4.78, 5) is 12.8. The zero-order valence-electron chi connectivity index (χ0n) is 10.7. The molecule has 1 aromatic carbocycles. The molecule has 0 radical (unpaired) electrons. The number of amides is 1. The van der Waals surface area contributed by atoms with E-state index >= 15 is 0 Å². The first-order valence-electron chi connectivity index (χ1n) is 6.55. The van der Waals surface area contributed by atoms with Crippen molar-refractivity contribution in [3.05, 3.63) is 28.2 Å². The standard InChI is InChI=1S/C14H18BrNO2S/c15-13-6-5-11(19)9-12(13)14(17)16-7-8-18-10-3-1-2-4-10/h5-6,9-10,19H,1-4,7-8H2,(H,16,17). The summed E-state index contributed by atoms with van der Waals surface area (Å²) in [5, 5.41) is 2.86. The Bertz CT molecular complexity index is 447. The van der Waals surface area contributed by atoms with Crippen LogP contribution in [0.1, 0.15) is 36.0 Å². The Balaban J connectivity index is 1.75. The van der Waals surface area contributed by atoms with Crippen molar-refractivity contribution < 1.29 is 9.53 Å². The van der Waals surface area contributed by atoms with Crippen LogP contribution in [0.4, 0.5) is 0 Å². The third kappa shape index (κ3) is 4.51. The molecule has 1 aliphatic carbocycles. The first kappa shape index (κ1) is 14.9. The highest BCUT2D eigenvalue weighted by Gasteiger charge is 2.15. The van der Waals surface area contributed by atoms with Gasteiger partial charge in [0.05, 0.1) is 18.3 Å². The maximum Gasteiger partial charge on any atom is 0.252 e. The molecule has 0 unspecified atom stereocenters. The van der Waals surface area contributed by atoms with Crippen molar-refractivity contribution in [3.8, 4) is 0 Å². The predicted molar refractivity (Wildman–Crippen MR) is 81.9 cm³/mol. The van der Waals surface area contributed by atoms with Crippen molar-refractivity contribution in [3.63, 3.8) is 0 Å². The lowest BCUT2D eigenvalue weighted by atomic mass is 10.2. The first-order valence-corrected chi connectivity index (χ1v) is 7.79. The molecule has 0 saturated heterocycles. The van der Waals surface area contributed by atoms with Gasteiger partial charge in [-0.15, -0.1) is 12.6 Å². The van der Waals surface area contributed by atoms with Gasteiger partial charge in [0.2, 0.25) is 0 Å². The van der Waals surface area contributed by atoms with Crippen molar-refractivity contribution in [2.45, 2.75) is 36.7 Å². The van der Waals surface area contributed by atoms with E-state index in [0.717, 1.165) is 22.2 Å². The van der Waals surface area contributed by atoms with Gasteiger partial charge in [0.1, 0.15) is 0 Å². The van der Waals surface area contributed by atoms with Crippen LogP contribution < -0.4 is 5.32 Å². The second-order valence-electron chi connectivity index (χ2n) is 4.70. The molecule has 5 heteroatoms. The van der Waals surface area contributed by atoms with Gasteiger partial charge < -0.3 is 10.1 Å². The summed E-state index contributed by atoms with van der Waals surface area (Å²) in [5.74, 6) is -0.0993. The molecule has 2 rings (SSSR count). The zero-order valence-corrected chi connectivity index (χ0v) is 13.2. The lowest BCUT2D eigenvalue weighted by Gasteiger charge is -2.12. The molecule has 0 atom stereocenters. The normalized spacial score (nSPS) is 15.7. The average molecular weight is 344 g/mol. The number of rotatable bonds is 5. The number of carbonyl (C=O) groups is 1. The molecule has 3 nitrogen and oxygen atoms in total. The maximum absolute atomic E-state index is 12.0. The van der Waals surface area contributed by atoms with E-state index in [2.05, 4.69) is 33.9 Å². The molecule has 1 amide bonds. The van der Waals surface area contributed by atoms with Gasteiger partial charge in [-0.25, -0.2) is 0 Å². The topological polar surface area (TPSA) is 38.3 Å². The molecule has 104 valence electrons. The highest BCUT2D eigenvalue weighted by molar-refractivity contribution is 9.10. The smallest absolute Gasteiger partial charge is 0.252 e. The fourth-order valence-electron chi connectivity index (χ4n) is 2.23. The minimum absolute atomic E-state index is 0.0993. The third-order valence-corrected chi connectivity index (χ3v) is 4.21. The van der Waals surface area contributed by atoms with Gasteiger partial charge in [-0.3, -0.25) is 4.79 Å². The van der Waals surface area contributed by atoms with Crippen molar-refractivity contribution in [2.75, 3.05) is 13.2 Å². The molecule has 0 aliphatic heterocycles. The SMILES string of the molecule is O=C(NCCOC1CCCC1)c1cc(S)ccc1Br. The van der Waals surface area contributed by atoms with E-state index in [1.165, 1.54) is 12.8 Å². The van der Waals surface area contributed by atoms with E-state index < -0.39 is 0 Å². The number of thiol groups is 1. The Morgan fingerprint density at radius 1 is 1.42 bits per heavy atom. The third-order valence-electron chi connectivity index (χ3n) is 3.24. The van der Waals surface area contributed by atoms with Crippen molar-refractivity contribution >= 4 is 34.5 Å². The Morgan fingerprint density at radius 2 is 2.16 bits per heavy atom. The number of halogens is 1. The van der Waals surface area contributed by atoms with E-state index in [1.54, 1.807) is 6.07 Å². The Hall–Kier alpha value is -0.520. The highest BCUT2D eigenvalue weighted by atomic mass is 79.9. The fraction of sp³-hybridized carbons (Fsp3) is 0.500. The Labute approximate surface area is 127 Å². The number of nitrogens with one attached hydrogen (secondary N) is 1. The van der Waals surface area contributed by atoms with Crippen LogP contribution in [0.5, 0.6) is 0 Å². The lowest BCUT2D eigenvalue weighted by Crippen LogP contribution is -2.28. The summed E-state index contributed by atoms with van der Waals surface area (Å²) in [6.45, 7) is 1.12. The van der Waals surface area contributed by atoms with Gasteiger partial charge in [-0.2, -0.15) is 0 Å². The van der Waals surface area contributed by atoms with Gasteiger partial charge in [0, 0.05) is 15.9 Å². The van der Waals surface area contributed by atoms with Crippen LogP contribution in [0, 0.1) is 0 Å². The molecule has 0 spiro atoms. The summed E-state index contributed by atoms with van der Waals surface area (Å²) in [5.41, 5.74) is 0.605. The molecule has 1 aliphatic rings. The molecule has 0 aromatic heterocycles. The first-order chi connectivity index (χ1) is 9.16. The van der Waals surface area contributed by atoms with Gasteiger partial charge in [-0.05, 0) is 47.0 Å². The number of ether oxygens (including phenoxy) is 1. The quantitative estimate of drug-likeness (QED) is 0.635. The summed E-state index contributed by atoms with van der Waals surface area (Å²) in [6, 6.07) is 5.42. The summed E-state index contributed by atoms with van der Waals surface area (Å²) in [6.07, 6.45) is 5.23. The zero-order chi connectivity index (χ0) is 13.7. The van der Waals surface area contributed by atoms with E-state index in [4.69, 9.17) is 4.74 Å². The molecule has 0 heterocycles. The monoisotopic (exact) mass is 343 g/mol. The molecule has 1 saturated carbocycles. The van der Waals surface area contributed by atoms with Gasteiger partial charge >= 0.3 is 0 Å². The summed E-state index contributed by atoms with van der Waals surface area (Å²) < 4.78 is 6.48. The van der Waals surface area contributed by atoms with Crippen molar-refractivity contribution in [2.24, 2.45) is 0 Å². The highest BCUT2D eigenvalue weighted by Crippen LogP contribution is 2.21. The Kier molecular flexibility index (Phi) is 5.73. The van der Waals surface area contributed by atoms with Crippen molar-refractivity contribution in [1.82, 2.24) is 5.32 Å². The molecular formula is C14H18BrNO2S. The Morgan fingerprint density at radius 3 is 2.89 bits per heavy atom. The van der Waals surface area contributed by atoms with E-state index in [9.17, 15) is 4.79 Å². The second-order valence-corrected chi connectivity index (χ2v) is 6.07. The minimum Gasteiger partial charge on any atom is -0.376 e. The predicted octanol–water partition coefficient (Wildman–Crippen LogP) is 3.43. The molecule has 1 fully saturated rings. The fourth-order valence-corrected chi connectivity index (χ4v) is 2.86.